The molecule has 3 N–H and O–H groups in total. The molecule has 3 rings (SSSR count). The van der Waals surface area contributed by atoms with Crippen LogP contribution in [0.25, 0.3) is 0 Å². The summed E-state index contributed by atoms with van der Waals surface area (Å²) < 4.78 is 0.596. The molecule has 138 valence electrons. The summed E-state index contributed by atoms with van der Waals surface area (Å²) in [6.07, 6.45) is -0.0221. The SMILES string of the molecule is CC(=O)N[C@@H](c1ccccc1)C(c1cccc(Br)c1)[N+]1(O)CC[C@H](O)C1. The summed E-state index contributed by atoms with van der Waals surface area (Å²) in [4.78, 5) is 12.0. The van der Waals surface area contributed by atoms with Crippen molar-refractivity contribution in [3.05, 3.63) is 70.2 Å². The van der Waals surface area contributed by atoms with E-state index in [9.17, 15) is 15.1 Å². The van der Waals surface area contributed by atoms with Crippen LogP contribution in [0.1, 0.15) is 36.6 Å². The number of aliphatic hydroxyl groups is 1. The summed E-state index contributed by atoms with van der Waals surface area (Å²) in [7, 11) is 0. The standard InChI is InChI=1S/C20H23BrN2O3/c1-14(24)22-19(15-6-3-2-4-7-15)20(16-8-5-9-17(21)12-16)23(26)11-10-18(25)13-23/h2-9,12,18-20,25-26H,10-11,13H2,1H3/p+1/t18-,19-,20?,23?/m0/s1. The average molecular weight is 420 g/mol. The van der Waals surface area contributed by atoms with Crippen molar-refractivity contribution < 1.29 is 19.8 Å². The topological polar surface area (TPSA) is 69.6 Å². The molecule has 1 aliphatic heterocycles. The Morgan fingerprint density at radius 2 is 1.88 bits per heavy atom. The maximum atomic E-state index is 12.0. The first-order chi connectivity index (χ1) is 12.4. The molecule has 26 heavy (non-hydrogen) atoms. The van der Waals surface area contributed by atoms with Crippen LogP contribution >= 0.6 is 15.9 Å². The van der Waals surface area contributed by atoms with Gasteiger partial charge in [0.25, 0.3) is 0 Å². The molecule has 0 bridgehead atoms. The number of amides is 1. The fourth-order valence-corrected chi connectivity index (χ4v) is 4.25. The van der Waals surface area contributed by atoms with Crippen molar-refractivity contribution in [3.8, 4) is 0 Å². The van der Waals surface area contributed by atoms with E-state index in [1.54, 1.807) is 0 Å². The number of carbonyl (C=O) groups excluding carboxylic acids is 1. The highest BCUT2D eigenvalue weighted by molar-refractivity contribution is 9.10. The molecule has 6 heteroatoms. The highest BCUT2D eigenvalue weighted by Gasteiger charge is 2.49. The molecule has 5 nitrogen and oxygen atoms in total. The summed E-state index contributed by atoms with van der Waals surface area (Å²) >= 11 is 3.50. The number of likely N-dealkylation sites (tertiary alicyclic amines) is 1. The van der Waals surface area contributed by atoms with Crippen LogP contribution in [0.3, 0.4) is 0 Å². The van der Waals surface area contributed by atoms with Crippen LogP contribution in [-0.2, 0) is 4.79 Å². The smallest absolute Gasteiger partial charge is 0.217 e. The number of hydroxylamine groups is 3. The van der Waals surface area contributed by atoms with Gasteiger partial charge in [0.2, 0.25) is 5.91 Å². The number of hydrogen-bond donors (Lipinski definition) is 3. The lowest BCUT2D eigenvalue weighted by molar-refractivity contribution is -1.12. The molecule has 2 unspecified atom stereocenters. The molecule has 2 aromatic rings. The van der Waals surface area contributed by atoms with Crippen LogP contribution in [0.2, 0.25) is 0 Å². The molecule has 4 atom stereocenters. The first kappa shape index (κ1) is 19.0. The second-order valence-corrected chi connectivity index (χ2v) is 7.84. The van der Waals surface area contributed by atoms with Gasteiger partial charge < -0.3 is 10.4 Å². The van der Waals surface area contributed by atoms with Crippen LogP contribution in [0.15, 0.2) is 59.1 Å². The summed E-state index contributed by atoms with van der Waals surface area (Å²) in [5, 5.41) is 24.5. The van der Waals surface area contributed by atoms with Gasteiger partial charge in [-0.1, -0.05) is 58.4 Å². The number of hydrogen-bond acceptors (Lipinski definition) is 3. The Hall–Kier alpha value is -1.73. The van der Waals surface area contributed by atoms with E-state index in [0.717, 1.165) is 15.6 Å². The molecular weight excluding hydrogens is 396 g/mol. The van der Waals surface area contributed by atoms with Gasteiger partial charge >= 0.3 is 0 Å². The molecule has 2 aromatic carbocycles. The molecule has 1 heterocycles. The second-order valence-electron chi connectivity index (χ2n) is 6.92. The number of carbonyl (C=O) groups is 1. The molecule has 1 amide bonds. The molecule has 0 aliphatic carbocycles. The lowest BCUT2D eigenvalue weighted by Crippen LogP contribution is -2.51. The fourth-order valence-electron chi connectivity index (χ4n) is 3.83. The first-order valence-corrected chi connectivity index (χ1v) is 9.53. The van der Waals surface area contributed by atoms with Crippen LogP contribution in [0.5, 0.6) is 0 Å². The van der Waals surface area contributed by atoms with Crippen molar-refractivity contribution in [1.82, 2.24) is 5.32 Å². The van der Waals surface area contributed by atoms with Crippen LogP contribution < -0.4 is 5.32 Å². The molecule has 1 fully saturated rings. The van der Waals surface area contributed by atoms with Crippen molar-refractivity contribution in [2.24, 2.45) is 0 Å². The van der Waals surface area contributed by atoms with Gasteiger partial charge in [-0.15, -0.1) is 0 Å². The van der Waals surface area contributed by atoms with Gasteiger partial charge in [0.05, 0.1) is 0 Å². The van der Waals surface area contributed by atoms with Gasteiger partial charge in [0.1, 0.15) is 25.2 Å². The maximum Gasteiger partial charge on any atom is 0.217 e. The van der Waals surface area contributed by atoms with Gasteiger partial charge in [-0.25, -0.2) is 5.21 Å². The number of quaternary nitrogens is 1. The van der Waals surface area contributed by atoms with E-state index in [0.29, 0.717) is 13.0 Å². The summed E-state index contributed by atoms with van der Waals surface area (Å²) in [6.45, 7) is 2.15. The summed E-state index contributed by atoms with van der Waals surface area (Å²) in [5.74, 6) is -0.162. The van der Waals surface area contributed by atoms with Crippen molar-refractivity contribution in [2.45, 2.75) is 31.5 Å². The van der Waals surface area contributed by atoms with Crippen LogP contribution in [-0.4, -0.2) is 40.1 Å². The second kappa shape index (κ2) is 7.88. The van der Waals surface area contributed by atoms with Gasteiger partial charge in [0, 0.05) is 23.4 Å². The normalized spacial score (nSPS) is 24.8. The van der Waals surface area contributed by atoms with Crippen molar-refractivity contribution in [3.63, 3.8) is 0 Å². The quantitative estimate of drug-likeness (QED) is 0.650. The van der Waals surface area contributed by atoms with Gasteiger partial charge in [-0.05, 0) is 17.7 Å². The molecule has 0 spiro atoms. The zero-order valence-electron chi connectivity index (χ0n) is 14.7. The molecule has 1 aliphatic rings. The van der Waals surface area contributed by atoms with E-state index in [4.69, 9.17) is 0 Å². The summed E-state index contributed by atoms with van der Waals surface area (Å²) in [6, 6.07) is 16.6. The third kappa shape index (κ3) is 4.15. The molecule has 0 aromatic heterocycles. The fraction of sp³-hybridized carbons (Fsp3) is 0.350. The van der Waals surface area contributed by atoms with Gasteiger partial charge in [0.15, 0.2) is 6.04 Å². The van der Waals surface area contributed by atoms with E-state index in [1.807, 2.05) is 54.6 Å². The van der Waals surface area contributed by atoms with E-state index >= 15 is 0 Å². The Labute approximate surface area is 161 Å². The zero-order valence-corrected chi connectivity index (χ0v) is 16.3. The predicted molar refractivity (Wildman–Crippen MR) is 102 cm³/mol. The van der Waals surface area contributed by atoms with Crippen molar-refractivity contribution in [1.29, 1.82) is 0 Å². The Morgan fingerprint density at radius 1 is 1.19 bits per heavy atom. The van der Waals surface area contributed by atoms with Gasteiger partial charge in [-0.3, -0.25) is 4.79 Å². The minimum absolute atomic E-state index is 0.162. The highest BCUT2D eigenvalue weighted by atomic mass is 79.9. The van der Waals surface area contributed by atoms with E-state index in [2.05, 4.69) is 21.2 Å². The Morgan fingerprint density at radius 3 is 2.46 bits per heavy atom. The Balaban J connectivity index is 2.12. The number of benzene rings is 2. The predicted octanol–water partition coefficient (Wildman–Crippen LogP) is 3.34. The van der Waals surface area contributed by atoms with E-state index in [1.165, 1.54) is 6.92 Å². The Kier molecular flexibility index (Phi) is 5.77. The average Bonchev–Trinajstić information content (AvgIpc) is 2.94. The molecule has 1 saturated heterocycles. The lowest BCUT2D eigenvalue weighted by atomic mass is 9.91. The highest BCUT2D eigenvalue weighted by Crippen LogP contribution is 2.41. The van der Waals surface area contributed by atoms with Crippen molar-refractivity contribution >= 4 is 21.8 Å². The van der Waals surface area contributed by atoms with Gasteiger partial charge in [-0.2, -0.15) is 4.65 Å². The molecule has 0 radical (unpaired) electrons. The lowest BCUT2D eigenvalue weighted by Gasteiger charge is -2.39. The molecule has 0 saturated carbocycles. The van der Waals surface area contributed by atoms with E-state index in [-0.39, 0.29) is 17.1 Å². The number of nitrogens with zero attached hydrogens (tertiary/aromatic N) is 1. The third-order valence-corrected chi connectivity index (χ3v) is 5.41. The maximum absolute atomic E-state index is 12.0. The minimum Gasteiger partial charge on any atom is -0.387 e. The summed E-state index contributed by atoms with van der Waals surface area (Å²) in [5.41, 5.74) is 1.82. The third-order valence-electron chi connectivity index (χ3n) is 4.92. The monoisotopic (exact) mass is 419 g/mol. The number of rotatable bonds is 5. The number of aliphatic hydroxyl groups excluding tert-OH is 1. The zero-order chi connectivity index (χ0) is 18.7. The van der Waals surface area contributed by atoms with E-state index < -0.39 is 18.2 Å². The largest absolute Gasteiger partial charge is 0.387 e. The first-order valence-electron chi connectivity index (χ1n) is 8.74. The number of nitrogens with one attached hydrogen (secondary N) is 1. The van der Waals surface area contributed by atoms with Crippen LogP contribution in [0.4, 0.5) is 0 Å². The van der Waals surface area contributed by atoms with Crippen molar-refractivity contribution in [2.75, 3.05) is 13.1 Å². The molecular formula is C20H24BrN2O3+. The Bertz CT molecular complexity index is 771. The van der Waals surface area contributed by atoms with Crippen LogP contribution in [0, 0.1) is 0 Å². The minimum atomic E-state index is -0.552. The number of halogens is 1.